The predicted molar refractivity (Wildman–Crippen MR) is 127 cm³/mol. The minimum atomic E-state index is -4.32. The van der Waals surface area contributed by atoms with Crippen LogP contribution in [0.3, 0.4) is 0 Å². The number of hydrogen-bond acceptors (Lipinski definition) is 4. The molecule has 8 heteroatoms. The van der Waals surface area contributed by atoms with Crippen LogP contribution in [-0.4, -0.2) is 55.8 Å². The van der Waals surface area contributed by atoms with Crippen molar-refractivity contribution in [3.63, 3.8) is 0 Å². The molecule has 2 aliphatic heterocycles. The van der Waals surface area contributed by atoms with Crippen LogP contribution in [-0.2, 0) is 11.0 Å². The number of nitrogens with zero attached hydrogens (tertiary/aromatic N) is 2. The van der Waals surface area contributed by atoms with Crippen LogP contribution in [0.1, 0.15) is 24.0 Å². The van der Waals surface area contributed by atoms with Crippen LogP contribution in [0.4, 0.5) is 18.9 Å². The Labute approximate surface area is 196 Å². The number of carbonyl (C=O) groups excluding carboxylic acids is 1. The SMILES string of the molecule is O=C(NCCCCN1CCN(c2cccc(C(F)(F)F)c2)CC1)C1=Cc2ccccc2SC1. The summed E-state index contributed by atoms with van der Waals surface area (Å²) in [5.41, 5.74) is 1.94. The predicted octanol–water partition coefficient (Wildman–Crippen LogP) is 4.91. The van der Waals surface area contributed by atoms with Crippen LogP contribution in [0, 0.1) is 0 Å². The number of nitrogens with one attached hydrogen (secondary N) is 1. The summed E-state index contributed by atoms with van der Waals surface area (Å²) in [5.74, 6) is 0.700. The van der Waals surface area contributed by atoms with Crippen molar-refractivity contribution in [1.29, 1.82) is 0 Å². The number of carbonyl (C=O) groups is 1. The molecule has 1 saturated heterocycles. The summed E-state index contributed by atoms with van der Waals surface area (Å²) in [4.78, 5) is 18.0. The van der Waals surface area contributed by atoms with Crippen LogP contribution < -0.4 is 10.2 Å². The lowest BCUT2D eigenvalue weighted by Crippen LogP contribution is -2.46. The first-order chi connectivity index (χ1) is 15.9. The normalized spacial score (nSPS) is 16.8. The van der Waals surface area contributed by atoms with Crippen LogP contribution >= 0.6 is 11.8 Å². The average molecular weight is 476 g/mol. The third-order valence-corrected chi connectivity index (χ3v) is 7.16. The Morgan fingerprint density at radius 3 is 2.58 bits per heavy atom. The van der Waals surface area contributed by atoms with Gasteiger partial charge < -0.3 is 10.2 Å². The van der Waals surface area contributed by atoms with Gasteiger partial charge in [0.1, 0.15) is 0 Å². The van der Waals surface area contributed by atoms with Gasteiger partial charge in [-0.2, -0.15) is 13.2 Å². The molecule has 1 N–H and O–H groups in total. The lowest BCUT2D eigenvalue weighted by atomic mass is 10.1. The van der Waals surface area contributed by atoms with Gasteiger partial charge in [0.2, 0.25) is 5.91 Å². The van der Waals surface area contributed by atoms with Crippen LogP contribution in [0.25, 0.3) is 6.08 Å². The number of alkyl halides is 3. The summed E-state index contributed by atoms with van der Waals surface area (Å²) < 4.78 is 38.9. The zero-order chi connectivity index (χ0) is 23.3. The second-order valence-corrected chi connectivity index (χ2v) is 9.35. The Kier molecular flexibility index (Phi) is 7.65. The molecule has 2 aromatic carbocycles. The summed E-state index contributed by atoms with van der Waals surface area (Å²) >= 11 is 1.69. The van der Waals surface area contributed by atoms with E-state index in [2.05, 4.69) is 16.3 Å². The maximum Gasteiger partial charge on any atom is 0.416 e. The number of piperazine rings is 1. The fraction of sp³-hybridized carbons (Fsp3) is 0.400. The van der Waals surface area contributed by atoms with E-state index < -0.39 is 11.7 Å². The van der Waals surface area contributed by atoms with Gasteiger partial charge in [0.25, 0.3) is 0 Å². The van der Waals surface area contributed by atoms with Crippen molar-refractivity contribution in [2.24, 2.45) is 0 Å². The molecule has 1 amide bonds. The smallest absolute Gasteiger partial charge is 0.369 e. The molecule has 0 unspecified atom stereocenters. The van der Waals surface area contributed by atoms with Crippen molar-refractivity contribution >= 4 is 29.4 Å². The standard InChI is InChI=1S/C25H28F3N3OS/c26-25(27,28)21-7-5-8-22(17-21)31-14-12-30(13-15-31)11-4-3-10-29-24(32)20-16-19-6-1-2-9-23(19)33-18-20/h1-2,5-9,16-17H,3-4,10-15,18H2,(H,29,32). The third kappa shape index (κ3) is 6.32. The van der Waals surface area contributed by atoms with E-state index in [0.29, 0.717) is 31.1 Å². The summed E-state index contributed by atoms with van der Waals surface area (Å²) in [7, 11) is 0. The quantitative estimate of drug-likeness (QED) is 0.577. The third-order valence-electron chi connectivity index (χ3n) is 6.02. The van der Waals surface area contributed by atoms with Crippen molar-refractivity contribution in [2.45, 2.75) is 23.9 Å². The highest BCUT2D eigenvalue weighted by Crippen LogP contribution is 2.32. The Bertz CT molecular complexity index is 1000. The molecule has 0 spiro atoms. The molecule has 0 aromatic heterocycles. The highest BCUT2D eigenvalue weighted by molar-refractivity contribution is 7.99. The molecule has 0 bridgehead atoms. The lowest BCUT2D eigenvalue weighted by Gasteiger charge is -2.36. The first-order valence-electron chi connectivity index (χ1n) is 11.3. The van der Waals surface area contributed by atoms with Crippen LogP contribution in [0.15, 0.2) is 59.0 Å². The molecule has 2 heterocycles. The van der Waals surface area contributed by atoms with Gasteiger partial charge in [-0.15, -0.1) is 11.8 Å². The minimum absolute atomic E-state index is 0.00621. The van der Waals surface area contributed by atoms with Gasteiger partial charge in [-0.1, -0.05) is 24.3 Å². The topological polar surface area (TPSA) is 35.6 Å². The molecule has 2 aliphatic rings. The highest BCUT2D eigenvalue weighted by atomic mass is 32.2. The van der Waals surface area contributed by atoms with E-state index in [0.717, 1.165) is 49.7 Å². The van der Waals surface area contributed by atoms with Gasteiger partial charge in [0, 0.05) is 54.6 Å². The number of halogens is 3. The number of amides is 1. The first kappa shape index (κ1) is 23.7. The highest BCUT2D eigenvalue weighted by Gasteiger charge is 2.31. The summed E-state index contributed by atoms with van der Waals surface area (Å²) in [5, 5.41) is 3.03. The Morgan fingerprint density at radius 1 is 1.00 bits per heavy atom. The summed E-state index contributed by atoms with van der Waals surface area (Å²) in [6.45, 7) is 4.65. The number of thioether (sulfide) groups is 1. The molecule has 0 aliphatic carbocycles. The fourth-order valence-electron chi connectivity index (χ4n) is 4.13. The molecular weight excluding hydrogens is 447 g/mol. The monoisotopic (exact) mass is 475 g/mol. The van der Waals surface area contributed by atoms with Gasteiger partial charge in [0.05, 0.1) is 5.56 Å². The summed E-state index contributed by atoms with van der Waals surface area (Å²) in [6, 6.07) is 13.7. The number of rotatable bonds is 7. The maximum atomic E-state index is 13.0. The van der Waals surface area contributed by atoms with E-state index in [-0.39, 0.29) is 5.91 Å². The Hall–Kier alpha value is -2.45. The van der Waals surface area contributed by atoms with Gasteiger partial charge >= 0.3 is 6.18 Å². The number of benzene rings is 2. The van der Waals surface area contributed by atoms with E-state index in [1.807, 2.05) is 29.2 Å². The number of anilines is 1. The van der Waals surface area contributed by atoms with Crippen LogP contribution in [0.5, 0.6) is 0 Å². The molecule has 0 atom stereocenters. The molecule has 1 fully saturated rings. The molecule has 176 valence electrons. The zero-order valence-electron chi connectivity index (χ0n) is 18.4. The van der Waals surface area contributed by atoms with Crippen molar-refractivity contribution in [2.75, 3.05) is 49.9 Å². The molecule has 4 rings (SSSR count). The van der Waals surface area contributed by atoms with E-state index in [4.69, 9.17) is 0 Å². The number of hydrogen-bond donors (Lipinski definition) is 1. The number of fused-ring (bicyclic) bond motifs is 1. The Balaban J connectivity index is 1.14. The molecule has 0 radical (unpaired) electrons. The number of unbranched alkanes of at least 4 members (excludes halogenated alkanes) is 1. The second kappa shape index (κ2) is 10.7. The van der Waals surface area contributed by atoms with Gasteiger partial charge in [-0.3, -0.25) is 9.69 Å². The Morgan fingerprint density at radius 2 is 1.79 bits per heavy atom. The molecule has 4 nitrogen and oxygen atoms in total. The van der Waals surface area contributed by atoms with Gasteiger partial charge in [-0.25, -0.2) is 0 Å². The molecular formula is C25H28F3N3OS. The van der Waals surface area contributed by atoms with E-state index in [9.17, 15) is 18.0 Å². The van der Waals surface area contributed by atoms with E-state index in [1.165, 1.54) is 17.0 Å². The first-order valence-corrected chi connectivity index (χ1v) is 12.2. The van der Waals surface area contributed by atoms with E-state index in [1.54, 1.807) is 17.8 Å². The van der Waals surface area contributed by atoms with Crippen molar-refractivity contribution in [3.8, 4) is 0 Å². The largest absolute Gasteiger partial charge is 0.416 e. The van der Waals surface area contributed by atoms with Crippen molar-refractivity contribution in [3.05, 3.63) is 65.2 Å². The lowest BCUT2D eigenvalue weighted by molar-refractivity contribution is -0.137. The maximum absolute atomic E-state index is 13.0. The molecule has 2 aromatic rings. The van der Waals surface area contributed by atoms with Crippen LogP contribution in [0.2, 0.25) is 0 Å². The molecule has 33 heavy (non-hydrogen) atoms. The second-order valence-electron chi connectivity index (χ2n) is 8.34. The average Bonchev–Trinajstić information content (AvgIpc) is 2.83. The van der Waals surface area contributed by atoms with Crippen molar-refractivity contribution < 1.29 is 18.0 Å². The van der Waals surface area contributed by atoms with Gasteiger partial charge in [-0.05, 0) is 55.3 Å². The van der Waals surface area contributed by atoms with Crippen molar-refractivity contribution in [1.82, 2.24) is 10.2 Å². The summed E-state index contributed by atoms with van der Waals surface area (Å²) in [6.07, 6.45) is -0.466. The van der Waals surface area contributed by atoms with E-state index >= 15 is 0 Å². The zero-order valence-corrected chi connectivity index (χ0v) is 19.2. The molecule has 0 saturated carbocycles. The van der Waals surface area contributed by atoms with Gasteiger partial charge in [0.15, 0.2) is 0 Å². The fourth-order valence-corrected chi connectivity index (χ4v) is 5.13. The minimum Gasteiger partial charge on any atom is -0.369 e.